The molecule has 2 rings (SSSR count). The Morgan fingerprint density at radius 2 is 2.07 bits per heavy atom. The molecule has 1 aromatic heterocycles. The van der Waals surface area contributed by atoms with E-state index in [1.54, 1.807) is 0 Å². The van der Waals surface area contributed by atoms with Crippen LogP contribution >= 0.6 is 11.5 Å². The molecule has 0 aliphatic heterocycles. The minimum absolute atomic E-state index is 0.575. The Balaban J connectivity index is 1.95. The van der Waals surface area contributed by atoms with Gasteiger partial charge in [0.05, 0.1) is 0 Å². The van der Waals surface area contributed by atoms with Gasteiger partial charge < -0.3 is 11.1 Å². The molecular formula is C10H11N3S. The fourth-order valence-corrected chi connectivity index (χ4v) is 1.72. The summed E-state index contributed by atoms with van der Waals surface area (Å²) in [5.74, 6) is 0.575. The van der Waals surface area contributed by atoms with E-state index >= 15 is 0 Å². The van der Waals surface area contributed by atoms with Gasteiger partial charge in [-0.25, -0.2) is 0 Å². The third kappa shape index (κ3) is 2.23. The summed E-state index contributed by atoms with van der Waals surface area (Å²) in [5, 5.41) is 4.26. The first-order chi connectivity index (χ1) is 6.84. The fraction of sp³-hybridized carbons (Fsp3) is 0.100. The largest absolute Gasteiger partial charge is 0.383 e. The van der Waals surface area contributed by atoms with Crippen molar-refractivity contribution in [3.05, 3.63) is 42.0 Å². The number of benzene rings is 1. The van der Waals surface area contributed by atoms with Gasteiger partial charge in [0.2, 0.25) is 0 Å². The van der Waals surface area contributed by atoms with Crippen LogP contribution in [-0.4, -0.2) is 4.37 Å². The highest BCUT2D eigenvalue weighted by atomic mass is 32.1. The number of nitrogens with two attached hydrogens (primary N) is 1. The first-order valence-corrected chi connectivity index (χ1v) is 5.12. The summed E-state index contributed by atoms with van der Waals surface area (Å²) >= 11 is 1.38. The van der Waals surface area contributed by atoms with E-state index < -0.39 is 0 Å². The highest BCUT2D eigenvalue weighted by molar-refractivity contribution is 7.10. The summed E-state index contributed by atoms with van der Waals surface area (Å²) in [6.45, 7) is 0.808. The molecule has 0 spiro atoms. The zero-order valence-corrected chi connectivity index (χ0v) is 8.42. The number of hydrogen-bond donors (Lipinski definition) is 2. The SMILES string of the molecule is Nc1cc(NCc2ccccc2)sn1. The van der Waals surface area contributed by atoms with Gasteiger partial charge >= 0.3 is 0 Å². The molecule has 72 valence electrons. The Morgan fingerprint density at radius 3 is 2.71 bits per heavy atom. The third-order valence-corrected chi connectivity index (χ3v) is 2.60. The Hall–Kier alpha value is -1.55. The van der Waals surface area contributed by atoms with E-state index in [1.165, 1.54) is 17.1 Å². The molecule has 0 saturated heterocycles. The Bertz CT molecular complexity index is 397. The molecule has 1 heterocycles. The van der Waals surface area contributed by atoms with Crippen molar-refractivity contribution in [3.8, 4) is 0 Å². The van der Waals surface area contributed by atoms with Gasteiger partial charge in [0.25, 0.3) is 0 Å². The van der Waals surface area contributed by atoms with E-state index in [1.807, 2.05) is 24.3 Å². The van der Waals surface area contributed by atoms with Crippen molar-refractivity contribution in [2.75, 3.05) is 11.1 Å². The molecule has 0 unspecified atom stereocenters. The quantitative estimate of drug-likeness (QED) is 0.808. The lowest BCUT2D eigenvalue weighted by Gasteiger charge is -2.01. The summed E-state index contributed by atoms with van der Waals surface area (Å²) in [6.07, 6.45) is 0. The number of nitrogen functional groups attached to an aromatic ring is 1. The monoisotopic (exact) mass is 205 g/mol. The van der Waals surface area contributed by atoms with Crippen LogP contribution in [0.5, 0.6) is 0 Å². The van der Waals surface area contributed by atoms with Crippen molar-refractivity contribution in [1.82, 2.24) is 4.37 Å². The smallest absolute Gasteiger partial charge is 0.139 e. The van der Waals surface area contributed by atoms with Gasteiger partial charge in [-0.05, 0) is 17.1 Å². The van der Waals surface area contributed by atoms with Crippen LogP contribution in [0.15, 0.2) is 36.4 Å². The molecule has 0 bridgehead atoms. The Morgan fingerprint density at radius 1 is 1.29 bits per heavy atom. The molecule has 1 aromatic carbocycles. The van der Waals surface area contributed by atoms with Crippen LogP contribution in [0.4, 0.5) is 10.8 Å². The zero-order valence-electron chi connectivity index (χ0n) is 7.60. The van der Waals surface area contributed by atoms with Crippen LogP contribution in [0.3, 0.4) is 0 Å². The van der Waals surface area contributed by atoms with Crippen molar-refractivity contribution in [1.29, 1.82) is 0 Å². The average Bonchev–Trinajstić information content (AvgIpc) is 2.63. The molecule has 0 atom stereocenters. The van der Waals surface area contributed by atoms with Crippen molar-refractivity contribution < 1.29 is 0 Å². The van der Waals surface area contributed by atoms with Crippen LogP contribution in [-0.2, 0) is 6.54 Å². The van der Waals surface area contributed by atoms with Gasteiger partial charge in [-0.3, -0.25) is 0 Å². The summed E-state index contributed by atoms with van der Waals surface area (Å²) in [6, 6.07) is 12.1. The molecule has 0 fully saturated rings. The normalized spacial score (nSPS) is 10.0. The van der Waals surface area contributed by atoms with Crippen LogP contribution in [0.2, 0.25) is 0 Å². The van der Waals surface area contributed by atoms with E-state index in [0.717, 1.165) is 11.5 Å². The van der Waals surface area contributed by atoms with E-state index in [4.69, 9.17) is 5.73 Å². The molecule has 3 N–H and O–H groups in total. The van der Waals surface area contributed by atoms with Crippen LogP contribution in [0.25, 0.3) is 0 Å². The number of hydrogen-bond acceptors (Lipinski definition) is 4. The molecule has 14 heavy (non-hydrogen) atoms. The number of nitrogens with one attached hydrogen (secondary N) is 1. The number of anilines is 2. The summed E-state index contributed by atoms with van der Waals surface area (Å²) in [7, 11) is 0. The lowest BCUT2D eigenvalue weighted by atomic mass is 10.2. The van der Waals surface area contributed by atoms with Crippen LogP contribution in [0.1, 0.15) is 5.56 Å². The molecule has 0 saturated carbocycles. The summed E-state index contributed by atoms with van der Waals surface area (Å²) < 4.78 is 3.99. The van der Waals surface area contributed by atoms with E-state index in [0.29, 0.717) is 5.82 Å². The second kappa shape index (κ2) is 4.11. The third-order valence-electron chi connectivity index (χ3n) is 1.84. The van der Waals surface area contributed by atoms with Crippen LogP contribution in [0, 0.1) is 0 Å². The summed E-state index contributed by atoms with van der Waals surface area (Å²) in [4.78, 5) is 0. The van der Waals surface area contributed by atoms with Gasteiger partial charge in [0.1, 0.15) is 10.8 Å². The molecule has 0 radical (unpaired) electrons. The van der Waals surface area contributed by atoms with Gasteiger partial charge in [-0.1, -0.05) is 30.3 Å². The predicted molar refractivity (Wildman–Crippen MR) is 60.3 cm³/mol. The maximum atomic E-state index is 5.51. The van der Waals surface area contributed by atoms with E-state index in [2.05, 4.69) is 21.8 Å². The molecule has 2 aromatic rings. The lowest BCUT2D eigenvalue weighted by Crippen LogP contribution is -1.96. The maximum absolute atomic E-state index is 5.51. The Kier molecular flexibility index (Phi) is 2.65. The van der Waals surface area contributed by atoms with Crippen molar-refractivity contribution in [2.24, 2.45) is 0 Å². The number of nitrogens with zero attached hydrogens (tertiary/aromatic N) is 1. The second-order valence-electron chi connectivity index (χ2n) is 2.96. The molecular weight excluding hydrogens is 194 g/mol. The molecule has 0 aliphatic carbocycles. The maximum Gasteiger partial charge on any atom is 0.139 e. The number of aromatic nitrogens is 1. The first kappa shape index (κ1) is 9.02. The van der Waals surface area contributed by atoms with Gasteiger partial charge in [-0.2, -0.15) is 4.37 Å². The molecule has 4 heteroatoms. The molecule has 3 nitrogen and oxygen atoms in total. The zero-order chi connectivity index (χ0) is 9.80. The Labute approximate surface area is 86.7 Å². The first-order valence-electron chi connectivity index (χ1n) is 4.34. The van der Waals surface area contributed by atoms with Gasteiger partial charge in [0, 0.05) is 12.6 Å². The van der Waals surface area contributed by atoms with Gasteiger partial charge in [-0.15, -0.1) is 0 Å². The highest BCUT2D eigenvalue weighted by Gasteiger charge is 1.97. The second-order valence-corrected chi connectivity index (χ2v) is 3.76. The highest BCUT2D eigenvalue weighted by Crippen LogP contribution is 2.18. The van der Waals surface area contributed by atoms with Crippen molar-refractivity contribution in [2.45, 2.75) is 6.54 Å². The minimum atomic E-state index is 0.575. The molecule has 0 amide bonds. The van der Waals surface area contributed by atoms with E-state index in [-0.39, 0.29) is 0 Å². The predicted octanol–water partition coefficient (Wildman–Crippen LogP) is 2.34. The minimum Gasteiger partial charge on any atom is -0.383 e. The fourth-order valence-electron chi connectivity index (χ4n) is 1.16. The number of rotatable bonds is 3. The average molecular weight is 205 g/mol. The lowest BCUT2D eigenvalue weighted by molar-refractivity contribution is 1.16. The van der Waals surface area contributed by atoms with Gasteiger partial charge in [0.15, 0.2) is 0 Å². The molecule has 0 aliphatic rings. The van der Waals surface area contributed by atoms with Crippen molar-refractivity contribution in [3.63, 3.8) is 0 Å². The topological polar surface area (TPSA) is 50.9 Å². The summed E-state index contributed by atoms with van der Waals surface area (Å²) in [5.41, 5.74) is 6.76. The van der Waals surface area contributed by atoms with Crippen molar-refractivity contribution >= 4 is 22.4 Å². The van der Waals surface area contributed by atoms with E-state index in [9.17, 15) is 0 Å². The standard InChI is InChI=1S/C10H11N3S/c11-9-6-10(14-13-9)12-7-8-4-2-1-3-5-8/h1-6,12H,7H2,(H2,11,13). The van der Waals surface area contributed by atoms with Crippen LogP contribution < -0.4 is 11.1 Å².